The second-order valence-electron chi connectivity index (χ2n) is 1.21. The van der Waals surface area contributed by atoms with Crippen LogP contribution in [0.5, 0.6) is 0 Å². The minimum Gasteiger partial charge on any atom is -0.396 e. The van der Waals surface area contributed by atoms with Gasteiger partial charge in [0.1, 0.15) is 0 Å². The monoisotopic (exact) mass is 122 g/mol. The van der Waals surface area contributed by atoms with Crippen molar-refractivity contribution in [1.82, 2.24) is 0 Å². The van der Waals surface area contributed by atoms with Gasteiger partial charge in [-0.25, -0.2) is 0 Å². The van der Waals surface area contributed by atoms with Crippen molar-refractivity contribution >= 4 is 0 Å². The Balaban J connectivity index is 0. The summed E-state index contributed by atoms with van der Waals surface area (Å²) in [4.78, 5) is 0. The summed E-state index contributed by atoms with van der Waals surface area (Å²) in [5.41, 5.74) is 0. The third-order valence-electron chi connectivity index (χ3n) is 0.316. The first-order valence-electron chi connectivity index (χ1n) is 2.45. The Morgan fingerprint density at radius 1 is 1.12 bits per heavy atom. The lowest BCUT2D eigenvalue weighted by Gasteiger charge is -1.79. The zero-order valence-corrected chi connectivity index (χ0v) is 5.42. The molecular weight excluding hydrogens is 108 g/mol. The Morgan fingerprint density at radius 3 is 1.38 bits per heavy atom. The summed E-state index contributed by atoms with van der Waals surface area (Å²) in [7, 11) is 3.25. The summed E-state index contributed by atoms with van der Waals surface area (Å²) in [5, 5.41) is 15.8. The quantitative estimate of drug-likeness (QED) is 0.525. The SMILES string of the molecule is COC.OCCCO. The minimum atomic E-state index is 0.0938. The molecule has 0 bridgehead atoms. The van der Waals surface area contributed by atoms with Crippen LogP contribution in [0.3, 0.4) is 0 Å². The van der Waals surface area contributed by atoms with E-state index >= 15 is 0 Å². The van der Waals surface area contributed by atoms with Crippen LogP contribution in [0.2, 0.25) is 0 Å². The van der Waals surface area contributed by atoms with Crippen molar-refractivity contribution in [3.8, 4) is 0 Å². The fraction of sp³-hybridized carbons (Fsp3) is 1.00. The van der Waals surface area contributed by atoms with Crippen molar-refractivity contribution < 1.29 is 14.9 Å². The van der Waals surface area contributed by atoms with E-state index < -0.39 is 0 Å². The van der Waals surface area contributed by atoms with Crippen LogP contribution in [0, 0.1) is 0 Å². The summed E-state index contributed by atoms with van der Waals surface area (Å²) in [6.45, 7) is 0.188. The molecule has 52 valence electrons. The van der Waals surface area contributed by atoms with E-state index in [9.17, 15) is 0 Å². The molecule has 3 heteroatoms. The zero-order valence-electron chi connectivity index (χ0n) is 5.42. The Kier molecular flexibility index (Phi) is 21.3. The number of hydrogen-bond donors (Lipinski definition) is 2. The Hall–Kier alpha value is -0.120. The van der Waals surface area contributed by atoms with Gasteiger partial charge < -0.3 is 14.9 Å². The number of hydrogen-bond acceptors (Lipinski definition) is 3. The number of aliphatic hydroxyl groups is 2. The second-order valence-corrected chi connectivity index (χ2v) is 1.21. The molecule has 0 atom stereocenters. The smallest absolute Gasteiger partial charge is 0.0452 e. The molecular formula is C5H14O3. The molecule has 0 heterocycles. The molecule has 0 aromatic rings. The largest absolute Gasteiger partial charge is 0.396 e. The molecule has 2 N–H and O–H groups in total. The highest BCUT2D eigenvalue weighted by atomic mass is 16.4. The molecule has 0 rings (SSSR count). The highest BCUT2D eigenvalue weighted by molar-refractivity contribution is 4.22. The third-order valence-corrected chi connectivity index (χ3v) is 0.316. The van der Waals surface area contributed by atoms with Crippen LogP contribution in [0.4, 0.5) is 0 Å². The van der Waals surface area contributed by atoms with Crippen LogP contribution in [-0.4, -0.2) is 37.6 Å². The van der Waals surface area contributed by atoms with Gasteiger partial charge in [0, 0.05) is 27.4 Å². The van der Waals surface area contributed by atoms with Crippen LogP contribution in [-0.2, 0) is 4.74 Å². The summed E-state index contributed by atoms with van der Waals surface area (Å²) in [6, 6.07) is 0. The molecule has 3 nitrogen and oxygen atoms in total. The lowest BCUT2D eigenvalue weighted by Crippen LogP contribution is -1.85. The maximum absolute atomic E-state index is 7.91. The van der Waals surface area contributed by atoms with E-state index in [0.717, 1.165) is 0 Å². The van der Waals surface area contributed by atoms with Crippen molar-refractivity contribution in [2.75, 3.05) is 27.4 Å². The fourth-order valence-corrected chi connectivity index (χ4v) is 0.0707. The number of ether oxygens (including phenoxy) is 1. The molecule has 0 aliphatic rings. The molecule has 0 amide bonds. The van der Waals surface area contributed by atoms with Crippen molar-refractivity contribution in [2.24, 2.45) is 0 Å². The molecule has 0 saturated carbocycles. The first-order chi connectivity index (χ1) is 3.83. The Labute approximate surface area is 49.9 Å². The van der Waals surface area contributed by atoms with Crippen LogP contribution in [0.25, 0.3) is 0 Å². The van der Waals surface area contributed by atoms with E-state index in [4.69, 9.17) is 10.2 Å². The topological polar surface area (TPSA) is 49.7 Å². The molecule has 0 unspecified atom stereocenters. The highest BCUT2D eigenvalue weighted by Crippen LogP contribution is 1.65. The van der Waals surface area contributed by atoms with Crippen molar-refractivity contribution in [3.63, 3.8) is 0 Å². The van der Waals surface area contributed by atoms with Crippen molar-refractivity contribution in [1.29, 1.82) is 0 Å². The number of rotatable bonds is 2. The second kappa shape index (κ2) is 15.8. The lowest BCUT2D eigenvalue weighted by atomic mass is 10.5. The molecule has 0 spiro atoms. The highest BCUT2D eigenvalue weighted by Gasteiger charge is 1.70. The van der Waals surface area contributed by atoms with Gasteiger partial charge in [0.05, 0.1) is 0 Å². The number of methoxy groups -OCH3 is 1. The third kappa shape index (κ3) is 39.6. The van der Waals surface area contributed by atoms with Crippen molar-refractivity contribution in [2.45, 2.75) is 6.42 Å². The summed E-state index contributed by atoms with van der Waals surface area (Å²) in [6.07, 6.45) is 0.500. The minimum absolute atomic E-state index is 0.0938. The van der Waals surface area contributed by atoms with Gasteiger partial charge in [-0.05, 0) is 6.42 Å². The first-order valence-corrected chi connectivity index (χ1v) is 2.45. The average Bonchev–Trinajstić information content (AvgIpc) is 1.71. The Bertz CT molecular complexity index is 21.6. The predicted octanol–water partition coefficient (Wildman–Crippen LogP) is -0.376. The van der Waals surface area contributed by atoms with Crippen LogP contribution >= 0.6 is 0 Å². The van der Waals surface area contributed by atoms with Crippen LogP contribution in [0.15, 0.2) is 0 Å². The molecule has 8 heavy (non-hydrogen) atoms. The van der Waals surface area contributed by atoms with Crippen molar-refractivity contribution in [3.05, 3.63) is 0 Å². The van der Waals surface area contributed by atoms with Gasteiger partial charge in [-0.2, -0.15) is 0 Å². The molecule has 0 fully saturated rings. The standard InChI is InChI=1S/C3H8O2.C2H6O/c4-2-1-3-5;1-3-2/h4-5H,1-3H2;1-2H3. The van der Waals surface area contributed by atoms with Crippen LogP contribution < -0.4 is 0 Å². The van der Waals surface area contributed by atoms with Gasteiger partial charge in [0.25, 0.3) is 0 Å². The van der Waals surface area contributed by atoms with Gasteiger partial charge in [-0.15, -0.1) is 0 Å². The summed E-state index contributed by atoms with van der Waals surface area (Å²) >= 11 is 0. The van der Waals surface area contributed by atoms with Gasteiger partial charge in [0.2, 0.25) is 0 Å². The molecule has 0 aliphatic heterocycles. The normalized spacial score (nSPS) is 7.50. The van der Waals surface area contributed by atoms with E-state index in [1.165, 1.54) is 0 Å². The summed E-state index contributed by atoms with van der Waals surface area (Å²) in [5.74, 6) is 0. The van der Waals surface area contributed by atoms with Gasteiger partial charge in [-0.1, -0.05) is 0 Å². The van der Waals surface area contributed by atoms with E-state index in [1.807, 2.05) is 0 Å². The fourth-order valence-electron chi connectivity index (χ4n) is 0.0707. The number of aliphatic hydroxyl groups excluding tert-OH is 2. The molecule has 0 saturated heterocycles. The van der Waals surface area contributed by atoms with Gasteiger partial charge >= 0.3 is 0 Å². The summed E-state index contributed by atoms with van der Waals surface area (Å²) < 4.78 is 4.25. The van der Waals surface area contributed by atoms with Gasteiger partial charge in [0.15, 0.2) is 0 Å². The van der Waals surface area contributed by atoms with Gasteiger partial charge in [-0.3, -0.25) is 0 Å². The first kappa shape index (κ1) is 10.8. The maximum atomic E-state index is 7.91. The van der Waals surface area contributed by atoms with Crippen LogP contribution in [0.1, 0.15) is 6.42 Å². The van der Waals surface area contributed by atoms with E-state index in [2.05, 4.69) is 4.74 Å². The molecule has 0 aromatic heterocycles. The molecule has 0 aromatic carbocycles. The zero-order chi connectivity index (χ0) is 6.83. The molecule has 0 aliphatic carbocycles. The Morgan fingerprint density at radius 2 is 1.38 bits per heavy atom. The lowest BCUT2D eigenvalue weighted by molar-refractivity contribution is 0.221. The predicted molar refractivity (Wildman–Crippen MR) is 31.7 cm³/mol. The maximum Gasteiger partial charge on any atom is 0.0452 e. The van der Waals surface area contributed by atoms with E-state index in [1.54, 1.807) is 14.2 Å². The van der Waals surface area contributed by atoms with E-state index in [0.29, 0.717) is 6.42 Å². The van der Waals surface area contributed by atoms with E-state index in [-0.39, 0.29) is 13.2 Å². The average molecular weight is 122 g/mol. The molecule has 0 radical (unpaired) electrons.